The van der Waals surface area contributed by atoms with Crippen molar-refractivity contribution in [3.05, 3.63) is 58.8 Å². The third-order valence-electron chi connectivity index (χ3n) is 6.02. The molecular formula is C28H42Br2N8O2Si2. The lowest BCUT2D eigenvalue weighted by atomic mass is 10.2. The van der Waals surface area contributed by atoms with Gasteiger partial charge in [-0.3, -0.25) is 14.5 Å². The summed E-state index contributed by atoms with van der Waals surface area (Å²) in [4.78, 5) is 25.5. The molecule has 0 unspecified atom stereocenters. The van der Waals surface area contributed by atoms with Crippen molar-refractivity contribution < 1.29 is 9.47 Å². The predicted octanol–water partition coefficient (Wildman–Crippen LogP) is 5.76. The predicted molar refractivity (Wildman–Crippen MR) is 180 cm³/mol. The Morgan fingerprint density at radius 1 is 0.714 bits per heavy atom. The van der Waals surface area contributed by atoms with E-state index in [0.717, 1.165) is 45.5 Å². The normalized spacial score (nSPS) is 12.4. The molecule has 0 aliphatic heterocycles. The van der Waals surface area contributed by atoms with Crippen LogP contribution in [0.4, 0.5) is 0 Å². The van der Waals surface area contributed by atoms with Crippen LogP contribution in [0.2, 0.25) is 22.2 Å². The van der Waals surface area contributed by atoms with Crippen molar-refractivity contribution in [2.75, 3.05) is 13.2 Å². The summed E-state index contributed by atoms with van der Waals surface area (Å²) >= 11 is 6.90. The van der Waals surface area contributed by atoms with Gasteiger partial charge in [0.25, 0.3) is 0 Å². The van der Waals surface area contributed by atoms with Gasteiger partial charge in [0.2, 0.25) is 0 Å². The van der Waals surface area contributed by atoms with E-state index in [2.05, 4.69) is 103 Å². The molecule has 0 bridgehead atoms. The molecule has 0 saturated carbocycles. The molecule has 0 radical (unpaired) electrons. The van der Waals surface area contributed by atoms with Gasteiger partial charge in [-0.15, -0.1) is 0 Å². The quantitative estimate of drug-likeness (QED) is 0.134. The SMILES string of the molecule is CC(C)(C)[SiH2]CCOCn1c(Br)cnc1-c1cnccn1.CC(C)(C)[SiH2]CCOCn1cc(Br)nc1-c1cnccn1. The number of aromatic nitrogens is 8. The molecular weight excluding hydrogens is 696 g/mol. The van der Waals surface area contributed by atoms with Gasteiger partial charge in [0.15, 0.2) is 11.6 Å². The number of imidazole rings is 2. The number of hydrogen-bond acceptors (Lipinski definition) is 8. The molecule has 0 atom stereocenters. The van der Waals surface area contributed by atoms with Crippen molar-refractivity contribution in [1.82, 2.24) is 39.0 Å². The standard InChI is InChI=1S/2C14H21BrN4OSi/c1-14(2,3)21-7-6-20-10-19-9-12(15)18-13(19)11-8-16-4-5-17-11;1-14(2,3)21-7-6-20-10-19-12(15)9-18-13(19)11-8-16-4-5-17-11/h2*4-5,8-9H,6-7,10,21H2,1-3H3. The lowest BCUT2D eigenvalue weighted by Crippen LogP contribution is -2.12. The number of hydrogen-bond donors (Lipinski definition) is 0. The molecule has 14 heteroatoms. The second-order valence-electron chi connectivity index (χ2n) is 12.3. The van der Waals surface area contributed by atoms with Crippen molar-refractivity contribution >= 4 is 50.9 Å². The highest BCUT2D eigenvalue weighted by atomic mass is 79.9. The number of ether oxygens (including phenoxy) is 2. The van der Waals surface area contributed by atoms with Crippen LogP contribution in [0.25, 0.3) is 23.0 Å². The lowest BCUT2D eigenvalue weighted by Gasteiger charge is -2.17. The van der Waals surface area contributed by atoms with Crippen LogP contribution in [0.5, 0.6) is 0 Å². The Bertz CT molecular complexity index is 1310. The molecule has 4 rings (SSSR count). The van der Waals surface area contributed by atoms with Crippen molar-refractivity contribution in [3.8, 4) is 23.0 Å². The summed E-state index contributed by atoms with van der Waals surface area (Å²) in [5, 5.41) is 0.982. The molecule has 228 valence electrons. The van der Waals surface area contributed by atoms with E-state index in [-0.39, 0.29) is 19.0 Å². The van der Waals surface area contributed by atoms with E-state index in [9.17, 15) is 0 Å². The van der Waals surface area contributed by atoms with Crippen LogP contribution in [-0.4, -0.2) is 71.3 Å². The fraction of sp³-hybridized carbons (Fsp3) is 0.500. The number of nitrogens with zero attached hydrogens (tertiary/aromatic N) is 8. The van der Waals surface area contributed by atoms with E-state index in [4.69, 9.17) is 9.47 Å². The fourth-order valence-electron chi connectivity index (χ4n) is 3.93. The van der Waals surface area contributed by atoms with Gasteiger partial charge in [-0.1, -0.05) is 41.5 Å². The maximum Gasteiger partial charge on any atom is 0.163 e. The van der Waals surface area contributed by atoms with Gasteiger partial charge in [0.1, 0.15) is 34.1 Å². The van der Waals surface area contributed by atoms with Crippen molar-refractivity contribution in [2.24, 2.45) is 0 Å². The van der Waals surface area contributed by atoms with Crippen LogP contribution in [0.1, 0.15) is 41.5 Å². The molecule has 0 aromatic carbocycles. The largest absolute Gasteiger partial charge is 0.361 e. The molecule has 4 aromatic heterocycles. The van der Waals surface area contributed by atoms with E-state index in [1.165, 1.54) is 12.1 Å². The van der Waals surface area contributed by atoms with E-state index in [1.807, 2.05) is 15.3 Å². The first-order chi connectivity index (χ1) is 19.9. The average molecular weight is 739 g/mol. The van der Waals surface area contributed by atoms with Gasteiger partial charge < -0.3 is 14.0 Å². The minimum absolute atomic E-state index is 0.0872. The van der Waals surface area contributed by atoms with E-state index >= 15 is 0 Å². The Kier molecular flexibility index (Phi) is 13.6. The van der Waals surface area contributed by atoms with Crippen molar-refractivity contribution in [1.29, 1.82) is 0 Å². The van der Waals surface area contributed by atoms with Gasteiger partial charge in [-0.25, -0.2) is 19.9 Å². The topological polar surface area (TPSA) is 106 Å². The maximum atomic E-state index is 5.80. The third kappa shape index (κ3) is 12.2. The molecule has 0 aliphatic carbocycles. The maximum absolute atomic E-state index is 5.80. The summed E-state index contributed by atoms with van der Waals surface area (Å²) in [6, 6.07) is 2.39. The van der Waals surface area contributed by atoms with Crippen LogP contribution < -0.4 is 0 Å². The summed E-state index contributed by atoms with van der Waals surface area (Å²) in [6.07, 6.45) is 13.7. The number of rotatable bonds is 12. The van der Waals surface area contributed by atoms with Crippen LogP contribution >= 0.6 is 31.9 Å². The van der Waals surface area contributed by atoms with Gasteiger partial charge in [0, 0.05) is 63.2 Å². The van der Waals surface area contributed by atoms with E-state index < -0.39 is 0 Å². The highest BCUT2D eigenvalue weighted by Gasteiger charge is 2.14. The minimum atomic E-state index is -0.0915. The lowest BCUT2D eigenvalue weighted by molar-refractivity contribution is 0.0872. The highest BCUT2D eigenvalue weighted by Crippen LogP contribution is 2.24. The van der Waals surface area contributed by atoms with Gasteiger partial charge >= 0.3 is 0 Å². The Hall–Kier alpha value is -2.11. The third-order valence-corrected chi connectivity index (χ3v) is 11.3. The molecule has 0 amide bonds. The number of halogens is 2. The van der Waals surface area contributed by atoms with Crippen molar-refractivity contribution in [3.63, 3.8) is 0 Å². The minimum Gasteiger partial charge on any atom is -0.361 e. The zero-order valence-corrected chi connectivity index (χ0v) is 31.4. The molecule has 0 spiro atoms. The van der Waals surface area contributed by atoms with Crippen LogP contribution in [-0.2, 0) is 22.9 Å². The summed E-state index contributed by atoms with van der Waals surface area (Å²) < 4.78 is 17.1. The highest BCUT2D eigenvalue weighted by molar-refractivity contribution is 9.10. The zero-order chi connectivity index (χ0) is 30.6. The summed E-state index contributed by atoms with van der Waals surface area (Å²) in [7, 11) is -0.179. The first kappa shape index (κ1) is 34.4. The molecule has 4 aromatic rings. The van der Waals surface area contributed by atoms with Crippen LogP contribution in [0.15, 0.2) is 58.8 Å². The second-order valence-corrected chi connectivity index (χ2v) is 20.6. The van der Waals surface area contributed by atoms with Gasteiger partial charge in [-0.2, -0.15) is 0 Å². The molecule has 4 heterocycles. The summed E-state index contributed by atoms with van der Waals surface area (Å²) in [5.74, 6) is 1.53. The molecule has 0 saturated heterocycles. The monoisotopic (exact) mass is 736 g/mol. The molecule has 10 nitrogen and oxygen atoms in total. The summed E-state index contributed by atoms with van der Waals surface area (Å²) in [5.41, 5.74) is 1.49. The Morgan fingerprint density at radius 3 is 1.79 bits per heavy atom. The second kappa shape index (κ2) is 16.7. The smallest absolute Gasteiger partial charge is 0.163 e. The average Bonchev–Trinajstić information content (AvgIpc) is 3.50. The fourth-order valence-corrected chi connectivity index (χ4v) is 7.53. The van der Waals surface area contributed by atoms with E-state index in [0.29, 0.717) is 23.5 Å². The first-order valence-corrected chi connectivity index (χ1v) is 19.0. The Morgan fingerprint density at radius 2 is 1.26 bits per heavy atom. The molecule has 0 N–H and O–H groups in total. The summed E-state index contributed by atoms with van der Waals surface area (Å²) in [6.45, 7) is 16.4. The van der Waals surface area contributed by atoms with Crippen LogP contribution in [0, 0.1) is 0 Å². The Balaban J connectivity index is 0.000000230. The van der Waals surface area contributed by atoms with E-state index in [1.54, 1.807) is 43.4 Å². The van der Waals surface area contributed by atoms with Gasteiger partial charge in [-0.05, 0) is 54.0 Å². The first-order valence-electron chi connectivity index (χ1n) is 14.0. The van der Waals surface area contributed by atoms with Crippen molar-refractivity contribution in [2.45, 2.75) is 77.2 Å². The molecule has 0 aliphatic rings. The zero-order valence-electron chi connectivity index (χ0n) is 25.4. The Labute approximate surface area is 270 Å². The van der Waals surface area contributed by atoms with Gasteiger partial charge in [0.05, 0.1) is 18.6 Å². The molecule has 0 fully saturated rings. The molecule has 42 heavy (non-hydrogen) atoms. The van der Waals surface area contributed by atoms with Crippen LogP contribution in [0.3, 0.4) is 0 Å².